The molecule has 5 nitrogen and oxygen atoms in total. The van der Waals surface area contributed by atoms with Crippen LogP contribution in [0.4, 0.5) is 0 Å². The van der Waals surface area contributed by atoms with Gasteiger partial charge in [0.1, 0.15) is 0 Å². The highest BCUT2D eigenvalue weighted by atomic mass is 16.5. The zero-order valence-corrected chi connectivity index (χ0v) is 12.0. The summed E-state index contributed by atoms with van der Waals surface area (Å²) in [6, 6.07) is 4.42. The van der Waals surface area contributed by atoms with Crippen LogP contribution in [0.2, 0.25) is 0 Å². The van der Waals surface area contributed by atoms with E-state index >= 15 is 0 Å². The molecule has 1 aromatic rings. The van der Waals surface area contributed by atoms with Gasteiger partial charge in [-0.2, -0.15) is 0 Å². The van der Waals surface area contributed by atoms with Crippen molar-refractivity contribution in [3.05, 3.63) is 34.9 Å². The Morgan fingerprint density at radius 3 is 2.35 bits per heavy atom. The van der Waals surface area contributed by atoms with E-state index in [-0.39, 0.29) is 29.1 Å². The molecule has 20 heavy (non-hydrogen) atoms. The number of esters is 1. The third-order valence-corrected chi connectivity index (χ3v) is 2.96. The summed E-state index contributed by atoms with van der Waals surface area (Å²) in [6.45, 7) is 6.16. The van der Waals surface area contributed by atoms with Crippen molar-refractivity contribution in [1.82, 2.24) is 4.90 Å². The van der Waals surface area contributed by atoms with Gasteiger partial charge in [0.2, 0.25) is 0 Å². The fourth-order valence-corrected chi connectivity index (χ4v) is 1.85. The Labute approximate surface area is 117 Å². The van der Waals surface area contributed by atoms with E-state index in [1.807, 2.05) is 20.8 Å². The van der Waals surface area contributed by atoms with Gasteiger partial charge in [0.25, 0.3) is 11.8 Å². The van der Waals surface area contributed by atoms with Crippen LogP contribution in [0.1, 0.15) is 51.8 Å². The number of amides is 2. The highest BCUT2D eigenvalue weighted by Gasteiger charge is 2.33. The third-order valence-electron chi connectivity index (χ3n) is 2.96. The molecule has 0 spiro atoms. The average Bonchev–Trinajstić information content (AvgIpc) is 2.60. The van der Waals surface area contributed by atoms with Gasteiger partial charge < -0.3 is 4.74 Å². The molecule has 2 amide bonds. The van der Waals surface area contributed by atoms with Crippen molar-refractivity contribution in [2.45, 2.75) is 20.8 Å². The Bertz CT molecular complexity index is 598. The van der Waals surface area contributed by atoms with Crippen LogP contribution in [0.5, 0.6) is 0 Å². The Balaban J connectivity index is 2.23. The van der Waals surface area contributed by atoms with E-state index in [2.05, 4.69) is 0 Å². The van der Waals surface area contributed by atoms with E-state index in [0.29, 0.717) is 5.56 Å². The standard InChI is InChI=1S/C15H17NO4/c1-15(2,3)8-20-14(19)9-5-6-10-11(7-9)13(18)16(4)12(10)17/h5-7H,8H2,1-4H3. The van der Waals surface area contributed by atoms with Crippen LogP contribution in [0, 0.1) is 5.41 Å². The van der Waals surface area contributed by atoms with E-state index in [9.17, 15) is 14.4 Å². The van der Waals surface area contributed by atoms with Crippen molar-refractivity contribution in [2.24, 2.45) is 5.41 Å². The van der Waals surface area contributed by atoms with Crippen molar-refractivity contribution < 1.29 is 19.1 Å². The van der Waals surface area contributed by atoms with Gasteiger partial charge in [-0.05, 0) is 23.6 Å². The molecule has 0 unspecified atom stereocenters. The van der Waals surface area contributed by atoms with Crippen molar-refractivity contribution >= 4 is 17.8 Å². The molecule has 2 rings (SSSR count). The van der Waals surface area contributed by atoms with E-state index in [1.165, 1.54) is 25.2 Å². The van der Waals surface area contributed by atoms with E-state index < -0.39 is 11.9 Å². The lowest BCUT2D eigenvalue weighted by Crippen LogP contribution is -2.24. The smallest absolute Gasteiger partial charge is 0.338 e. The van der Waals surface area contributed by atoms with Crippen LogP contribution in [0.15, 0.2) is 18.2 Å². The van der Waals surface area contributed by atoms with Gasteiger partial charge >= 0.3 is 5.97 Å². The summed E-state index contributed by atoms with van der Waals surface area (Å²) in [5, 5.41) is 0. The third kappa shape index (κ3) is 2.57. The molecular formula is C15H17NO4. The molecule has 0 aromatic heterocycles. The Morgan fingerprint density at radius 2 is 1.75 bits per heavy atom. The molecule has 0 N–H and O–H groups in total. The summed E-state index contributed by atoms with van der Waals surface area (Å²) in [6.07, 6.45) is 0. The molecule has 1 aromatic carbocycles. The summed E-state index contributed by atoms with van der Waals surface area (Å²) in [7, 11) is 1.42. The zero-order valence-electron chi connectivity index (χ0n) is 12.0. The van der Waals surface area contributed by atoms with Gasteiger partial charge in [0.15, 0.2) is 0 Å². The number of rotatable bonds is 2. The second kappa shape index (κ2) is 4.74. The van der Waals surface area contributed by atoms with Crippen LogP contribution >= 0.6 is 0 Å². The molecule has 106 valence electrons. The number of hydrogen-bond acceptors (Lipinski definition) is 4. The minimum atomic E-state index is -0.488. The summed E-state index contributed by atoms with van der Waals surface area (Å²) >= 11 is 0. The Morgan fingerprint density at radius 1 is 1.15 bits per heavy atom. The fourth-order valence-electron chi connectivity index (χ4n) is 1.85. The summed E-state index contributed by atoms with van der Waals surface area (Å²) in [4.78, 5) is 36.6. The SMILES string of the molecule is CN1C(=O)c2ccc(C(=O)OCC(C)(C)C)cc2C1=O. The predicted molar refractivity (Wildman–Crippen MR) is 72.6 cm³/mol. The average molecular weight is 275 g/mol. The Kier molecular flexibility index (Phi) is 3.38. The largest absolute Gasteiger partial charge is 0.462 e. The normalized spacial score (nSPS) is 14.5. The number of carbonyl (C=O) groups is 3. The number of imide groups is 1. The summed E-state index contributed by atoms with van der Waals surface area (Å²) in [5.74, 6) is -1.23. The molecule has 1 heterocycles. The van der Waals surface area contributed by atoms with Crippen LogP contribution in [0.25, 0.3) is 0 Å². The maximum atomic E-state index is 11.9. The summed E-state index contributed by atoms with van der Waals surface area (Å²) in [5.41, 5.74) is 0.732. The van der Waals surface area contributed by atoms with Crippen molar-refractivity contribution in [1.29, 1.82) is 0 Å². The number of hydrogen-bond donors (Lipinski definition) is 0. The molecule has 0 saturated heterocycles. The molecule has 0 aliphatic carbocycles. The summed E-state index contributed by atoms with van der Waals surface area (Å²) < 4.78 is 5.19. The van der Waals surface area contributed by atoms with Crippen LogP contribution in [-0.2, 0) is 4.74 Å². The van der Waals surface area contributed by atoms with E-state index in [4.69, 9.17) is 4.74 Å². The monoisotopic (exact) mass is 275 g/mol. The van der Waals surface area contributed by atoms with Gasteiger partial charge in [0.05, 0.1) is 23.3 Å². The van der Waals surface area contributed by atoms with Gasteiger partial charge in [-0.1, -0.05) is 20.8 Å². The first kappa shape index (κ1) is 14.2. The number of benzene rings is 1. The first-order valence-corrected chi connectivity index (χ1v) is 6.34. The second-order valence-electron chi connectivity index (χ2n) is 6.07. The van der Waals surface area contributed by atoms with Gasteiger partial charge in [0, 0.05) is 7.05 Å². The minimum Gasteiger partial charge on any atom is -0.462 e. The quantitative estimate of drug-likeness (QED) is 0.612. The predicted octanol–water partition coefficient (Wildman–Crippen LogP) is 2.12. The maximum absolute atomic E-state index is 11.9. The first-order valence-electron chi connectivity index (χ1n) is 6.34. The Hall–Kier alpha value is -2.17. The number of nitrogens with zero attached hydrogens (tertiary/aromatic N) is 1. The maximum Gasteiger partial charge on any atom is 0.338 e. The molecule has 0 atom stereocenters. The molecule has 1 aliphatic rings. The lowest BCUT2D eigenvalue weighted by molar-refractivity contribution is 0.0366. The second-order valence-corrected chi connectivity index (χ2v) is 6.07. The number of fused-ring (bicyclic) bond motifs is 1. The lowest BCUT2D eigenvalue weighted by Gasteiger charge is -2.17. The molecule has 5 heteroatoms. The topological polar surface area (TPSA) is 63.7 Å². The molecule has 1 aliphatic heterocycles. The highest BCUT2D eigenvalue weighted by molar-refractivity contribution is 6.21. The van der Waals surface area contributed by atoms with Crippen LogP contribution in [-0.4, -0.2) is 36.3 Å². The molecule has 0 fully saturated rings. The van der Waals surface area contributed by atoms with Crippen molar-refractivity contribution in [3.63, 3.8) is 0 Å². The van der Waals surface area contributed by atoms with Gasteiger partial charge in [-0.3, -0.25) is 14.5 Å². The van der Waals surface area contributed by atoms with Gasteiger partial charge in [-0.25, -0.2) is 4.79 Å². The van der Waals surface area contributed by atoms with Crippen LogP contribution < -0.4 is 0 Å². The van der Waals surface area contributed by atoms with E-state index in [1.54, 1.807) is 0 Å². The van der Waals surface area contributed by atoms with Crippen LogP contribution in [0.3, 0.4) is 0 Å². The molecule has 0 bridgehead atoms. The molecular weight excluding hydrogens is 258 g/mol. The lowest BCUT2D eigenvalue weighted by atomic mass is 9.98. The first-order chi connectivity index (χ1) is 9.20. The number of ether oxygens (including phenoxy) is 1. The number of carbonyl (C=O) groups excluding carboxylic acids is 3. The molecule has 0 radical (unpaired) electrons. The van der Waals surface area contributed by atoms with Crippen molar-refractivity contribution in [3.8, 4) is 0 Å². The van der Waals surface area contributed by atoms with Gasteiger partial charge in [-0.15, -0.1) is 0 Å². The van der Waals surface area contributed by atoms with E-state index in [0.717, 1.165) is 4.90 Å². The van der Waals surface area contributed by atoms with Crippen molar-refractivity contribution in [2.75, 3.05) is 13.7 Å². The molecule has 0 saturated carbocycles. The minimum absolute atomic E-state index is 0.127. The zero-order chi connectivity index (χ0) is 15.1. The highest BCUT2D eigenvalue weighted by Crippen LogP contribution is 2.23. The fraction of sp³-hybridized carbons (Fsp3) is 0.400.